The fraction of sp³-hybridized carbons (Fsp3) is 0.391. The topological polar surface area (TPSA) is 56.1 Å². The molecule has 30 heavy (non-hydrogen) atoms. The molecule has 4 rings (SSSR count). The molecule has 1 amide bonds. The third-order valence-electron chi connectivity index (χ3n) is 6.00. The maximum atomic E-state index is 12.7. The SMILES string of the molecule is N#Cc1ccc(N2CCC(NC(=O)C3CC3c3ccc(C(F)(F)F)cc3)CC2)cc1. The van der Waals surface area contributed by atoms with Gasteiger partial charge in [-0.2, -0.15) is 18.4 Å². The first-order valence-electron chi connectivity index (χ1n) is 10.1. The molecular weight excluding hydrogens is 391 g/mol. The molecule has 2 atom stereocenters. The van der Waals surface area contributed by atoms with Gasteiger partial charge in [-0.3, -0.25) is 4.79 Å². The van der Waals surface area contributed by atoms with Crippen molar-refractivity contribution in [1.29, 1.82) is 5.26 Å². The highest BCUT2D eigenvalue weighted by Crippen LogP contribution is 2.48. The maximum Gasteiger partial charge on any atom is 0.416 e. The Bertz CT molecular complexity index is 940. The molecule has 2 fully saturated rings. The summed E-state index contributed by atoms with van der Waals surface area (Å²) in [5.41, 5.74) is 1.83. The number of nitrogens with zero attached hydrogens (tertiary/aromatic N) is 2. The fourth-order valence-corrected chi connectivity index (χ4v) is 4.11. The van der Waals surface area contributed by atoms with E-state index in [0.29, 0.717) is 12.0 Å². The van der Waals surface area contributed by atoms with Crippen molar-refractivity contribution in [2.24, 2.45) is 5.92 Å². The fourth-order valence-electron chi connectivity index (χ4n) is 4.11. The van der Waals surface area contributed by atoms with Crippen molar-refractivity contribution in [2.45, 2.75) is 37.4 Å². The largest absolute Gasteiger partial charge is 0.416 e. The molecule has 1 N–H and O–H groups in total. The van der Waals surface area contributed by atoms with E-state index in [0.717, 1.165) is 49.3 Å². The molecule has 2 aromatic carbocycles. The monoisotopic (exact) mass is 413 g/mol. The Labute approximate surface area is 173 Å². The molecule has 2 aliphatic rings. The molecule has 2 aromatic rings. The van der Waals surface area contributed by atoms with Crippen LogP contribution >= 0.6 is 0 Å². The second-order valence-corrected chi connectivity index (χ2v) is 8.00. The van der Waals surface area contributed by atoms with E-state index in [1.54, 1.807) is 12.1 Å². The first-order chi connectivity index (χ1) is 14.3. The Kier molecular flexibility index (Phi) is 5.42. The van der Waals surface area contributed by atoms with Crippen LogP contribution in [0, 0.1) is 17.2 Å². The van der Waals surface area contributed by atoms with Crippen LogP contribution in [0.1, 0.15) is 41.9 Å². The number of halogens is 3. The van der Waals surface area contributed by atoms with Gasteiger partial charge in [0.1, 0.15) is 0 Å². The van der Waals surface area contributed by atoms with Gasteiger partial charge in [-0.25, -0.2) is 0 Å². The van der Waals surface area contributed by atoms with Crippen molar-refractivity contribution >= 4 is 11.6 Å². The van der Waals surface area contributed by atoms with Crippen LogP contribution in [0.25, 0.3) is 0 Å². The molecule has 4 nitrogen and oxygen atoms in total. The van der Waals surface area contributed by atoms with Crippen LogP contribution in [-0.4, -0.2) is 25.0 Å². The number of nitrogens with one attached hydrogen (secondary N) is 1. The molecule has 0 aromatic heterocycles. The first kappa shape index (κ1) is 20.3. The second-order valence-electron chi connectivity index (χ2n) is 8.00. The standard InChI is InChI=1S/C23H22F3N3O/c24-23(25,26)17-5-3-16(4-6-17)20-13-21(20)22(30)28-18-9-11-29(12-10-18)19-7-1-15(14-27)2-8-19/h1-8,18,20-21H,9-13H2,(H,28,30). The summed E-state index contributed by atoms with van der Waals surface area (Å²) in [6, 6.07) is 14.8. The van der Waals surface area contributed by atoms with E-state index in [9.17, 15) is 18.0 Å². The Hall–Kier alpha value is -3.01. The highest BCUT2D eigenvalue weighted by Gasteiger charge is 2.44. The Balaban J connectivity index is 1.26. The lowest BCUT2D eigenvalue weighted by Gasteiger charge is -2.34. The molecule has 1 saturated heterocycles. The zero-order chi connectivity index (χ0) is 21.3. The van der Waals surface area contributed by atoms with Crippen molar-refractivity contribution in [1.82, 2.24) is 5.32 Å². The normalized spacial score (nSPS) is 21.7. The lowest BCUT2D eigenvalue weighted by Crippen LogP contribution is -2.45. The molecule has 156 valence electrons. The number of carbonyl (C=O) groups excluding carboxylic acids is 1. The van der Waals surface area contributed by atoms with Gasteiger partial charge < -0.3 is 10.2 Å². The average Bonchev–Trinajstić information content (AvgIpc) is 3.55. The van der Waals surface area contributed by atoms with Gasteiger partial charge in [-0.15, -0.1) is 0 Å². The van der Waals surface area contributed by atoms with Gasteiger partial charge in [-0.05, 0) is 67.1 Å². The third kappa shape index (κ3) is 4.43. The number of benzene rings is 2. The van der Waals surface area contributed by atoms with Gasteiger partial charge in [0.05, 0.1) is 17.2 Å². The second kappa shape index (κ2) is 8.02. The minimum absolute atomic E-state index is 0.00304. The smallest absolute Gasteiger partial charge is 0.371 e. The van der Waals surface area contributed by atoms with E-state index in [1.807, 2.05) is 12.1 Å². The van der Waals surface area contributed by atoms with E-state index in [1.165, 1.54) is 12.1 Å². The van der Waals surface area contributed by atoms with E-state index in [4.69, 9.17) is 5.26 Å². The van der Waals surface area contributed by atoms with E-state index < -0.39 is 11.7 Å². The number of amides is 1. The highest BCUT2D eigenvalue weighted by atomic mass is 19.4. The molecule has 0 spiro atoms. The number of rotatable bonds is 4. The van der Waals surface area contributed by atoms with Crippen molar-refractivity contribution in [2.75, 3.05) is 18.0 Å². The third-order valence-corrected chi connectivity index (χ3v) is 6.00. The van der Waals surface area contributed by atoms with Gasteiger partial charge in [0.15, 0.2) is 0 Å². The molecule has 0 bridgehead atoms. The van der Waals surface area contributed by atoms with Crippen molar-refractivity contribution < 1.29 is 18.0 Å². The molecule has 1 saturated carbocycles. The first-order valence-corrected chi connectivity index (χ1v) is 10.1. The summed E-state index contributed by atoms with van der Waals surface area (Å²) in [4.78, 5) is 14.8. The van der Waals surface area contributed by atoms with Crippen molar-refractivity contribution in [3.63, 3.8) is 0 Å². The zero-order valence-corrected chi connectivity index (χ0v) is 16.3. The number of hydrogen-bond acceptors (Lipinski definition) is 3. The summed E-state index contributed by atoms with van der Waals surface area (Å²) in [5.74, 6) is -0.152. The van der Waals surface area contributed by atoms with Crippen molar-refractivity contribution in [3.05, 3.63) is 65.2 Å². The van der Waals surface area contributed by atoms with Gasteiger partial charge in [0, 0.05) is 30.7 Å². The minimum atomic E-state index is -4.34. The maximum absolute atomic E-state index is 12.7. The van der Waals surface area contributed by atoms with Crippen LogP contribution in [0.2, 0.25) is 0 Å². The zero-order valence-electron chi connectivity index (χ0n) is 16.3. The summed E-state index contributed by atoms with van der Waals surface area (Å²) in [6.07, 6.45) is -1.99. The molecule has 1 aliphatic heterocycles. The summed E-state index contributed by atoms with van der Waals surface area (Å²) in [7, 11) is 0. The van der Waals surface area contributed by atoms with E-state index in [-0.39, 0.29) is 23.8 Å². The molecule has 2 unspecified atom stereocenters. The average molecular weight is 413 g/mol. The minimum Gasteiger partial charge on any atom is -0.371 e. The van der Waals surface area contributed by atoms with Crippen LogP contribution in [0.3, 0.4) is 0 Å². The van der Waals surface area contributed by atoms with E-state index in [2.05, 4.69) is 16.3 Å². The number of hydrogen-bond donors (Lipinski definition) is 1. The summed E-state index contributed by atoms with van der Waals surface area (Å²) >= 11 is 0. The quantitative estimate of drug-likeness (QED) is 0.805. The Morgan fingerprint density at radius 3 is 2.23 bits per heavy atom. The predicted molar refractivity (Wildman–Crippen MR) is 107 cm³/mol. The Morgan fingerprint density at radius 2 is 1.67 bits per heavy atom. The molecule has 1 heterocycles. The number of carbonyl (C=O) groups is 1. The number of nitriles is 1. The van der Waals surface area contributed by atoms with Crippen LogP contribution < -0.4 is 10.2 Å². The lowest BCUT2D eigenvalue weighted by atomic mass is 10.0. The van der Waals surface area contributed by atoms with Crippen LogP contribution in [0.15, 0.2) is 48.5 Å². The summed E-state index contributed by atoms with van der Waals surface area (Å²) < 4.78 is 38.1. The Morgan fingerprint density at radius 1 is 1.03 bits per heavy atom. The predicted octanol–water partition coefficient (Wildman–Crippen LogP) is 4.47. The van der Waals surface area contributed by atoms with Crippen LogP contribution in [-0.2, 0) is 11.0 Å². The molecule has 0 radical (unpaired) electrons. The molecule has 1 aliphatic carbocycles. The highest BCUT2D eigenvalue weighted by molar-refractivity contribution is 5.83. The number of alkyl halides is 3. The molecule has 7 heteroatoms. The molecular formula is C23H22F3N3O. The van der Waals surface area contributed by atoms with E-state index >= 15 is 0 Å². The lowest BCUT2D eigenvalue weighted by molar-refractivity contribution is -0.137. The van der Waals surface area contributed by atoms with Crippen LogP contribution in [0.5, 0.6) is 0 Å². The summed E-state index contributed by atoms with van der Waals surface area (Å²) in [6.45, 7) is 1.65. The number of piperidine rings is 1. The number of anilines is 1. The van der Waals surface area contributed by atoms with Gasteiger partial charge >= 0.3 is 6.18 Å². The van der Waals surface area contributed by atoms with Gasteiger partial charge in [-0.1, -0.05) is 12.1 Å². The van der Waals surface area contributed by atoms with Crippen molar-refractivity contribution in [3.8, 4) is 6.07 Å². The van der Waals surface area contributed by atoms with Gasteiger partial charge in [0.2, 0.25) is 5.91 Å². The summed E-state index contributed by atoms with van der Waals surface area (Å²) in [5, 5.41) is 12.0. The van der Waals surface area contributed by atoms with Gasteiger partial charge in [0.25, 0.3) is 0 Å². The van der Waals surface area contributed by atoms with Crippen LogP contribution in [0.4, 0.5) is 18.9 Å².